The lowest BCUT2D eigenvalue weighted by atomic mass is 9.67. The molecule has 0 aromatic rings. The first kappa shape index (κ1) is 9.47. The second-order valence-electron chi connectivity index (χ2n) is 5.09. The molecule has 2 saturated heterocycles. The summed E-state index contributed by atoms with van der Waals surface area (Å²) in [5.41, 5.74) is 0.614. The van der Waals surface area contributed by atoms with Gasteiger partial charge in [0.1, 0.15) is 0 Å². The molecule has 0 aromatic carbocycles. The van der Waals surface area contributed by atoms with E-state index in [1.807, 2.05) is 0 Å². The van der Waals surface area contributed by atoms with Gasteiger partial charge >= 0.3 is 0 Å². The van der Waals surface area contributed by atoms with Gasteiger partial charge in [0.2, 0.25) is 0 Å². The summed E-state index contributed by atoms with van der Waals surface area (Å²) in [6.07, 6.45) is 1.28. The Morgan fingerprint density at radius 3 is 2.62 bits per heavy atom. The second-order valence-corrected chi connectivity index (χ2v) is 5.09. The number of nitrogens with zero attached hydrogens (tertiary/aromatic N) is 1. The minimum absolute atomic E-state index is 0.614. The van der Waals surface area contributed by atoms with Crippen LogP contribution in [0.4, 0.5) is 0 Å². The van der Waals surface area contributed by atoms with E-state index in [2.05, 4.69) is 25.7 Å². The smallest absolute Gasteiger partial charge is 0.0497 e. The SMILES string of the molecule is CC(C)N1CC2(CCOCC2C)C1. The molecular formula is C11H21NO. The molecule has 2 fully saturated rings. The molecule has 0 bridgehead atoms. The van der Waals surface area contributed by atoms with Gasteiger partial charge in [0, 0.05) is 37.8 Å². The van der Waals surface area contributed by atoms with E-state index >= 15 is 0 Å². The lowest BCUT2D eigenvalue weighted by Gasteiger charge is -2.57. The van der Waals surface area contributed by atoms with Crippen LogP contribution < -0.4 is 0 Å². The Morgan fingerprint density at radius 2 is 2.08 bits per heavy atom. The van der Waals surface area contributed by atoms with Crippen LogP contribution in [0.25, 0.3) is 0 Å². The van der Waals surface area contributed by atoms with E-state index < -0.39 is 0 Å². The number of hydrogen-bond donors (Lipinski definition) is 0. The van der Waals surface area contributed by atoms with Gasteiger partial charge in [0.05, 0.1) is 0 Å². The Labute approximate surface area is 81.3 Å². The Bertz CT molecular complexity index is 185. The van der Waals surface area contributed by atoms with Crippen LogP contribution in [0.5, 0.6) is 0 Å². The van der Waals surface area contributed by atoms with Crippen LogP contribution in [-0.4, -0.2) is 37.2 Å². The summed E-state index contributed by atoms with van der Waals surface area (Å²) in [6, 6.07) is 0.723. The summed E-state index contributed by atoms with van der Waals surface area (Å²) < 4.78 is 5.49. The summed E-state index contributed by atoms with van der Waals surface area (Å²) in [4.78, 5) is 2.57. The molecule has 2 aliphatic heterocycles. The first-order valence-electron chi connectivity index (χ1n) is 5.46. The molecule has 2 nitrogen and oxygen atoms in total. The zero-order valence-corrected chi connectivity index (χ0v) is 9.05. The molecule has 0 aliphatic carbocycles. The molecule has 0 amide bonds. The largest absolute Gasteiger partial charge is 0.381 e. The topological polar surface area (TPSA) is 12.5 Å². The van der Waals surface area contributed by atoms with Crippen LogP contribution in [0.15, 0.2) is 0 Å². The Balaban J connectivity index is 1.93. The van der Waals surface area contributed by atoms with Gasteiger partial charge in [-0.05, 0) is 26.2 Å². The van der Waals surface area contributed by atoms with Crippen LogP contribution in [0, 0.1) is 11.3 Å². The van der Waals surface area contributed by atoms with E-state index in [1.54, 1.807) is 0 Å². The van der Waals surface area contributed by atoms with E-state index in [4.69, 9.17) is 4.74 Å². The van der Waals surface area contributed by atoms with Crippen molar-refractivity contribution in [1.82, 2.24) is 4.90 Å². The average Bonchev–Trinajstić information content (AvgIpc) is 2.01. The fraction of sp³-hybridized carbons (Fsp3) is 1.00. The summed E-state index contributed by atoms with van der Waals surface area (Å²) in [7, 11) is 0. The third-order valence-corrected chi connectivity index (χ3v) is 3.92. The molecule has 1 spiro atoms. The molecular weight excluding hydrogens is 162 g/mol. The van der Waals surface area contributed by atoms with Crippen molar-refractivity contribution >= 4 is 0 Å². The summed E-state index contributed by atoms with van der Waals surface area (Å²) in [6.45, 7) is 11.5. The number of ether oxygens (including phenoxy) is 1. The monoisotopic (exact) mass is 183 g/mol. The Morgan fingerprint density at radius 1 is 1.38 bits per heavy atom. The second kappa shape index (κ2) is 3.25. The molecule has 13 heavy (non-hydrogen) atoms. The highest BCUT2D eigenvalue weighted by molar-refractivity contribution is 5.00. The van der Waals surface area contributed by atoms with Crippen molar-refractivity contribution in [2.45, 2.75) is 33.2 Å². The molecule has 2 rings (SSSR count). The molecule has 76 valence electrons. The molecule has 1 atom stereocenters. The number of rotatable bonds is 1. The third kappa shape index (κ3) is 1.50. The van der Waals surface area contributed by atoms with Gasteiger partial charge in [-0.15, -0.1) is 0 Å². The molecule has 0 N–H and O–H groups in total. The van der Waals surface area contributed by atoms with Crippen LogP contribution >= 0.6 is 0 Å². The van der Waals surface area contributed by atoms with Crippen LogP contribution in [-0.2, 0) is 4.74 Å². The van der Waals surface area contributed by atoms with Gasteiger partial charge in [-0.3, -0.25) is 4.90 Å². The van der Waals surface area contributed by atoms with Crippen molar-refractivity contribution in [3.05, 3.63) is 0 Å². The highest BCUT2D eigenvalue weighted by Crippen LogP contribution is 2.44. The van der Waals surface area contributed by atoms with Crippen molar-refractivity contribution in [1.29, 1.82) is 0 Å². The molecule has 0 aromatic heterocycles. The maximum absolute atomic E-state index is 5.49. The van der Waals surface area contributed by atoms with Crippen molar-refractivity contribution in [2.75, 3.05) is 26.3 Å². The zero-order chi connectivity index (χ0) is 9.47. The van der Waals surface area contributed by atoms with Gasteiger partial charge in [-0.1, -0.05) is 6.92 Å². The van der Waals surface area contributed by atoms with Crippen molar-refractivity contribution in [3.63, 3.8) is 0 Å². The standard InChI is InChI=1S/C11H21NO/c1-9(2)12-7-11(8-12)4-5-13-6-10(11)3/h9-10H,4-8H2,1-3H3. The van der Waals surface area contributed by atoms with Gasteiger partial charge in [-0.2, -0.15) is 0 Å². The van der Waals surface area contributed by atoms with E-state index in [0.717, 1.165) is 25.2 Å². The van der Waals surface area contributed by atoms with Crippen LogP contribution in [0.1, 0.15) is 27.2 Å². The van der Waals surface area contributed by atoms with Gasteiger partial charge in [0.15, 0.2) is 0 Å². The van der Waals surface area contributed by atoms with Crippen molar-refractivity contribution < 1.29 is 4.74 Å². The van der Waals surface area contributed by atoms with Gasteiger partial charge in [0.25, 0.3) is 0 Å². The maximum Gasteiger partial charge on any atom is 0.0497 e. The first-order chi connectivity index (χ1) is 6.14. The van der Waals surface area contributed by atoms with Crippen molar-refractivity contribution in [2.24, 2.45) is 11.3 Å². The average molecular weight is 183 g/mol. The maximum atomic E-state index is 5.49. The molecule has 0 saturated carbocycles. The highest BCUT2D eigenvalue weighted by Gasteiger charge is 2.48. The lowest BCUT2D eigenvalue weighted by Crippen LogP contribution is -2.63. The normalized spacial score (nSPS) is 33.7. The van der Waals surface area contributed by atoms with Crippen molar-refractivity contribution in [3.8, 4) is 0 Å². The molecule has 2 aliphatic rings. The number of hydrogen-bond acceptors (Lipinski definition) is 2. The van der Waals surface area contributed by atoms with Crippen LogP contribution in [0.3, 0.4) is 0 Å². The predicted octanol–water partition coefficient (Wildman–Crippen LogP) is 1.75. The van der Waals surface area contributed by atoms with E-state index in [9.17, 15) is 0 Å². The zero-order valence-electron chi connectivity index (χ0n) is 9.05. The number of likely N-dealkylation sites (tertiary alicyclic amines) is 1. The van der Waals surface area contributed by atoms with Gasteiger partial charge < -0.3 is 4.74 Å². The fourth-order valence-electron chi connectivity index (χ4n) is 2.56. The molecule has 2 heterocycles. The lowest BCUT2D eigenvalue weighted by molar-refractivity contribution is -0.129. The first-order valence-corrected chi connectivity index (χ1v) is 5.46. The third-order valence-electron chi connectivity index (χ3n) is 3.92. The molecule has 2 heteroatoms. The van der Waals surface area contributed by atoms with E-state index in [1.165, 1.54) is 19.5 Å². The Hall–Kier alpha value is -0.0800. The highest BCUT2D eigenvalue weighted by atomic mass is 16.5. The van der Waals surface area contributed by atoms with Crippen LogP contribution in [0.2, 0.25) is 0 Å². The van der Waals surface area contributed by atoms with E-state index in [-0.39, 0.29) is 0 Å². The summed E-state index contributed by atoms with van der Waals surface area (Å²) in [5.74, 6) is 0.760. The van der Waals surface area contributed by atoms with E-state index in [0.29, 0.717) is 5.41 Å². The minimum Gasteiger partial charge on any atom is -0.381 e. The fourth-order valence-corrected chi connectivity index (χ4v) is 2.56. The predicted molar refractivity (Wildman–Crippen MR) is 53.7 cm³/mol. The van der Waals surface area contributed by atoms with Gasteiger partial charge in [-0.25, -0.2) is 0 Å². The molecule has 1 unspecified atom stereocenters. The molecule has 0 radical (unpaired) electrons. The summed E-state index contributed by atoms with van der Waals surface area (Å²) in [5, 5.41) is 0. The quantitative estimate of drug-likeness (QED) is 0.614. The minimum atomic E-state index is 0.614. The Kier molecular flexibility index (Phi) is 2.37. The summed E-state index contributed by atoms with van der Waals surface area (Å²) >= 11 is 0.